The molecule has 0 spiro atoms. The number of halogens is 3. The van der Waals surface area contributed by atoms with E-state index >= 15 is 0 Å². The van der Waals surface area contributed by atoms with E-state index in [-0.39, 0.29) is 0 Å². The van der Waals surface area contributed by atoms with Crippen molar-refractivity contribution in [2.24, 2.45) is 5.92 Å². The van der Waals surface area contributed by atoms with Crippen LogP contribution in [0, 0.1) is 5.92 Å². The summed E-state index contributed by atoms with van der Waals surface area (Å²) < 4.78 is 39.0. The van der Waals surface area contributed by atoms with Gasteiger partial charge in [0, 0.05) is 31.2 Å². The van der Waals surface area contributed by atoms with E-state index in [0.717, 1.165) is 23.7 Å². The lowest BCUT2D eigenvalue weighted by Gasteiger charge is -2.31. The molecule has 2 bridgehead atoms. The minimum Gasteiger partial charge on any atom is -0.256 e. The van der Waals surface area contributed by atoms with Gasteiger partial charge in [-0.05, 0) is 48.2 Å². The number of hydrogen-bond donors (Lipinski definition) is 0. The Morgan fingerprint density at radius 1 is 1.06 bits per heavy atom. The van der Waals surface area contributed by atoms with Crippen LogP contribution in [0.15, 0.2) is 73.4 Å². The zero-order valence-electron chi connectivity index (χ0n) is 17.4. The SMILES string of the molecule is C=CC1C2CC[P+]1(Cc1ccc(C(F)(F)F)cc1)C(Cc1ccnc3ccccc13)C2. The lowest BCUT2D eigenvalue weighted by atomic mass is 9.94. The minimum absolute atomic E-state index is 0.535. The van der Waals surface area contributed by atoms with E-state index in [1.165, 1.54) is 42.1 Å². The van der Waals surface area contributed by atoms with Crippen LogP contribution in [0.5, 0.6) is 0 Å². The summed E-state index contributed by atoms with van der Waals surface area (Å²) in [6, 6.07) is 16.3. The second-order valence-electron chi connectivity index (χ2n) is 9.04. The summed E-state index contributed by atoms with van der Waals surface area (Å²) in [4.78, 5) is 4.51. The van der Waals surface area contributed by atoms with Gasteiger partial charge in [0.15, 0.2) is 0 Å². The molecule has 160 valence electrons. The van der Waals surface area contributed by atoms with Crippen LogP contribution in [0.2, 0.25) is 0 Å². The number of pyridine rings is 1. The molecule has 3 heterocycles. The van der Waals surface area contributed by atoms with Gasteiger partial charge in [-0.2, -0.15) is 13.2 Å². The Morgan fingerprint density at radius 2 is 1.84 bits per heavy atom. The summed E-state index contributed by atoms with van der Waals surface area (Å²) in [7, 11) is -1.41. The Kier molecular flexibility index (Phi) is 5.17. The van der Waals surface area contributed by atoms with E-state index in [1.807, 2.05) is 12.3 Å². The van der Waals surface area contributed by atoms with Crippen molar-refractivity contribution >= 4 is 18.2 Å². The first kappa shape index (κ1) is 20.7. The van der Waals surface area contributed by atoms with Crippen molar-refractivity contribution in [2.45, 2.75) is 42.9 Å². The van der Waals surface area contributed by atoms with Crippen LogP contribution in [0.3, 0.4) is 0 Å². The zero-order chi connectivity index (χ0) is 21.6. The largest absolute Gasteiger partial charge is 0.416 e. The molecule has 0 radical (unpaired) electrons. The van der Waals surface area contributed by atoms with Crippen molar-refractivity contribution in [3.8, 4) is 0 Å². The zero-order valence-corrected chi connectivity index (χ0v) is 18.2. The highest BCUT2D eigenvalue weighted by atomic mass is 31.2. The molecule has 2 saturated heterocycles. The van der Waals surface area contributed by atoms with Gasteiger partial charge in [-0.15, -0.1) is 0 Å². The number of allylic oxidation sites excluding steroid dienone is 1. The van der Waals surface area contributed by atoms with Gasteiger partial charge in [-0.25, -0.2) is 0 Å². The number of aromatic nitrogens is 1. The third-order valence-corrected chi connectivity index (χ3v) is 13.2. The maximum absolute atomic E-state index is 13.0. The molecule has 0 saturated carbocycles. The Balaban J connectivity index is 1.47. The number of para-hydroxylation sites is 1. The monoisotopic (exact) mass is 440 g/mol. The van der Waals surface area contributed by atoms with E-state index < -0.39 is 19.0 Å². The van der Waals surface area contributed by atoms with Crippen molar-refractivity contribution in [1.29, 1.82) is 0 Å². The molecule has 1 nitrogen and oxygen atoms in total. The summed E-state index contributed by atoms with van der Waals surface area (Å²) in [5, 5.41) is 1.22. The number of nitrogens with zero attached hydrogens (tertiary/aromatic N) is 1. The van der Waals surface area contributed by atoms with Gasteiger partial charge in [-0.3, -0.25) is 4.98 Å². The molecule has 4 atom stereocenters. The van der Waals surface area contributed by atoms with Gasteiger partial charge < -0.3 is 0 Å². The van der Waals surface area contributed by atoms with E-state index in [2.05, 4.69) is 41.9 Å². The number of alkyl halides is 3. The van der Waals surface area contributed by atoms with Crippen LogP contribution >= 0.6 is 7.26 Å². The van der Waals surface area contributed by atoms with Crippen LogP contribution in [-0.4, -0.2) is 22.5 Å². The average Bonchev–Trinajstić information content (AvgIpc) is 3.24. The summed E-state index contributed by atoms with van der Waals surface area (Å²) >= 11 is 0. The molecule has 4 unspecified atom stereocenters. The Morgan fingerprint density at radius 3 is 2.58 bits per heavy atom. The van der Waals surface area contributed by atoms with Crippen molar-refractivity contribution in [3.63, 3.8) is 0 Å². The maximum Gasteiger partial charge on any atom is 0.416 e. The molecule has 0 amide bonds. The van der Waals surface area contributed by atoms with Crippen LogP contribution in [0.1, 0.15) is 29.5 Å². The molecule has 5 rings (SSSR count). The van der Waals surface area contributed by atoms with Gasteiger partial charge >= 0.3 is 6.18 Å². The van der Waals surface area contributed by atoms with Crippen molar-refractivity contribution in [3.05, 3.63) is 90.1 Å². The molecule has 5 heteroatoms. The third-order valence-electron chi connectivity index (χ3n) is 7.49. The molecular formula is C26H26F3NP+. The molecule has 31 heavy (non-hydrogen) atoms. The highest BCUT2D eigenvalue weighted by Crippen LogP contribution is 2.81. The second kappa shape index (κ2) is 7.74. The Labute approximate surface area is 181 Å². The van der Waals surface area contributed by atoms with Gasteiger partial charge in [0.1, 0.15) is 0 Å². The van der Waals surface area contributed by atoms with Crippen molar-refractivity contribution in [2.75, 3.05) is 6.16 Å². The Hall–Kier alpha value is -2.19. The normalized spacial score (nSPS) is 27.6. The van der Waals surface area contributed by atoms with E-state index in [9.17, 15) is 13.2 Å². The van der Waals surface area contributed by atoms with Crippen LogP contribution < -0.4 is 0 Å². The summed E-state index contributed by atoms with van der Waals surface area (Å²) in [5.41, 5.74) is 3.98. The summed E-state index contributed by atoms with van der Waals surface area (Å²) in [5.74, 6) is 0.679. The molecular weight excluding hydrogens is 414 g/mol. The van der Waals surface area contributed by atoms with Crippen molar-refractivity contribution < 1.29 is 13.2 Å². The molecule has 3 aromatic rings. The minimum atomic E-state index is -4.29. The van der Waals surface area contributed by atoms with Gasteiger partial charge in [0.25, 0.3) is 0 Å². The standard InChI is InChI=1S/C26H26F3NP/c1-2-25-20-12-14-31(25,17-18-7-9-21(10-8-18)26(27,28)29)22(16-20)15-19-11-13-30-24-6-4-3-5-23(19)24/h2-11,13,20,22,25H,1,12,14-17H2/q+1. The molecule has 2 aromatic carbocycles. The van der Waals surface area contributed by atoms with E-state index in [1.54, 1.807) is 12.1 Å². The van der Waals surface area contributed by atoms with E-state index in [0.29, 0.717) is 17.2 Å². The smallest absolute Gasteiger partial charge is 0.256 e. The molecule has 0 aliphatic carbocycles. The highest BCUT2D eigenvalue weighted by molar-refractivity contribution is 7.77. The quantitative estimate of drug-likeness (QED) is 0.298. The fourth-order valence-electron chi connectivity index (χ4n) is 6.10. The first-order chi connectivity index (χ1) is 14.9. The number of fused-ring (bicyclic) bond motifs is 3. The molecule has 0 N–H and O–H groups in total. The van der Waals surface area contributed by atoms with Crippen LogP contribution in [0.25, 0.3) is 10.9 Å². The number of benzene rings is 2. The van der Waals surface area contributed by atoms with Gasteiger partial charge in [0.05, 0.1) is 34.7 Å². The summed E-state index contributed by atoms with van der Waals surface area (Å²) in [6.07, 6.45) is 5.40. The predicted octanol–water partition coefficient (Wildman–Crippen LogP) is 7.36. The summed E-state index contributed by atoms with van der Waals surface area (Å²) in [6.45, 7) is 4.18. The fourth-order valence-corrected chi connectivity index (χ4v) is 12.4. The number of hydrogen-bond acceptors (Lipinski definition) is 1. The predicted molar refractivity (Wildman–Crippen MR) is 123 cm³/mol. The lowest BCUT2D eigenvalue weighted by Crippen LogP contribution is -2.20. The molecule has 2 aliphatic heterocycles. The van der Waals surface area contributed by atoms with Crippen LogP contribution in [0.4, 0.5) is 13.2 Å². The Bertz CT molecular complexity index is 1100. The molecule has 1 aromatic heterocycles. The fraction of sp³-hybridized carbons (Fsp3) is 0.346. The second-order valence-corrected chi connectivity index (χ2v) is 13.3. The first-order valence-corrected chi connectivity index (χ1v) is 13.2. The number of rotatable bonds is 5. The van der Waals surface area contributed by atoms with Crippen LogP contribution in [-0.2, 0) is 18.8 Å². The highest BCUT2D eigenvalue weighted by Gasteiger charge is 2.64. The topological polar surface area (TPSA) is 12.9 Å². The molecule has 2 fully saturated rings. The third kappa shape index (κ3) is 3.59. The van der Waals surface area contributed by atoms with Gasteiger partial charge in [0.2, 0.25) is 0 Å². The first-order valence-electron chi connectivity index (χ1n) is 10.9. The average molecular weight is 440 g/mol. The van der Waals surface area contributed by atoms with E-state index in [4.69, 9.17) is 0 Å². The van der Waals surface area contributed by atoms with Gasteiger partial charge in [-0.1, -0.05) is 43.0 Å². The van der Waals surface area contributed by atoms with Crippen molar-refractivity contribution in [1.82, 2.24) is 4.98 Å². The lowest BCUT2D eigenvalue weighted by molar-refractivity contribution is -0.137. The maximum atomic E-state index is 13.0. The molecule has 2 aliphatic rings.